The number of carbonyl (C=O) groups is 1. The molecule has 0 aromatic heterocycles. The second kappa shape index (κ2) is 8.36. The SMILES string of the molecule is CCCC(C)(N)C(=O)N1CCN(S(=O)(=O)c2cccc3c2N=S=N3)CC1.Cl. The van der Waals surface area contributed by atoms with Crippen LogP contribution in [-0.2, 0) is 26.2 Å². The number of nitrogens with zero attached hydrogens (tertiary/aromatic N) is 4. The number of amides is 1. The van der Waals surface area contributed by atoms with Crippen molar-refractivity contribution in [2.75, 3.05) is 26.2 Å². The highest BCUT2D eigenvalue weighted by Crippen LogP contribution is 2.38. The van der Waals surface area contributed by atoms with Crippen LogP contribution in [-0.4, -0.2) is 55.2 Å². The van der Waals surface area contributed by atoms with Gasteiger partial charge in [0.2, 0.25) is 15.9 Å². The van der Waals surface area contributed by atoms with E-state index >= 15 is 0 Å². The molecule has 27 heavy (non-hydrogen) atoms. The average molecular weight is 434 g/mol. The molecule has 8 nitrogen and oxygen atoms in total. The van der Waals surface area contributed by atoms with Gasteiger partial charge in [0, 0.05) is 26.2 Å². The topological polar surface area (TPSA) is 108 Å². The van der Waals surface area contributed by atoms with Crippen LogP contribution in [0.3, 0.4) is 0 Å². The fourth-order valence-electron chi connectivity index (χ4n) is 3.25. The summed E-state index contributed by atoms with van der Waals surface area (Å²) in [6.07, 6.45) is 1.42. The Hall–Kier alpha value is -1.33. The Balaban J connectivity index is 0.00000261. The predicted molar refractivity (Wildman–Crippen MR) is 108 cm³/mol. The Morgan fingerprint density at radius 1 is 1.26 bits per heavy atom. The number of hydrogen-bond donors (Lipinski definition) is 1. The summed E-state index contributed by atoms with van der Waals surface area (Å²) in [4.78, 5) is 14.4. The van der Waals surface area contributed by atoms with Gasteiger partial charge in [-0.2, -0.15) is 13.0 Å². The molecule has 2 heterocycles. The van der Waals surface area contributed by atoms with Crippen molar-refractivity contribution in [3.05, 3.63) is 18.2 Å². The van der Waals surface area contributed by atoms with E-state index in [2.05, 4.69) is 8.73 Å². The van der Waals surface area contributed by atoms with Gasteiger partial charge >= 0.3 is 0 Å². The van der Waals surface area contributed by atoms with Crippen molar-refractivity contribution in [3.63, 3.8) is 0 Å². The number of benzene rings is 1. The third-order valence-electron chi connectivity index (χ3n) is 4.65. The minimum absolute atomic E-state index is 0. The number of hydrogen-bond acceptors (Lipinski definition) is 6. The van der Waals surface area contributed by atoms with Gasteiger partial charge in [0.1, 0.15) is 16.3 Å². The summed E-state index contributed by atoms with van der Waals surface area (Å²) >= 11 is 0.992. The van der Waals surface area contributed by atoms with Crippen LogP contribution in [0.5, 0.6) is 0 Å². The summed E-state index contributed by atoms with van der Waals surface area (Å²) in [5.74, 6) is -0.123. The smallest absolute Gasteiger partial charge is 0.245 e. The first-order valence-electron chi connectivity index (χ1n) is 8.57. The van der Waals surface area contributed by atoms with E-state index in [0.717, 1.165) is 17.8 Å². The second-order valence-corrected chi connectivity index (χ2v) is 9.19. The monoisotopic (exact) mass is 433 g/mol. The van der Waals surface area contributed by atoms with Crippen LogP contribution in [0.15, 0.2) is 31.8 Å². The van der Waals surface area contributed by atoms with E-state index in [1.54, 1.807) is 30.0 Å². The van der Waals surface area contributed by atoms with Crippen LogP contribution >= 0.6 is 12.4 Å². The molecule has 2 aliphatic rings. The Morgan fingerprint density at radius 2 is 1.93 bits per heavy atom. The maximum atomic E-state index is 13.0. The first-order valence-corrected chi connectivity index (χ1v) is 10.7. The fraction of sp³-hybridized carbons (Fsp3) is 0.562. The molecule has 1 aromatic carbocycles. The zero-order valence-electron chi connectivity index (χ0n) is 15.3. The van der Waals surface area contributed by atoms with Crippen LogP contribution in [0.1, 0.15) is 26.7 Å². The van der Waals surface area contributed by atoms with Crippen LogP contribution in [0.25, 0.3) is 0 Å². The zero-order valence-corrected chi connectivity index (χ0v) is 17.7. The van der Waals surface area contributed by atoms with E-state index in [4.69, 9.17) is 5.73 Å². The normalized spacial score (nSPS) is 19.0. The molecule has 1 aromatic rings. The number of carbonyl (C=O) groups excluding carboxylic acids is 1. The van der Waals surface area contributed by atoms with E-state index in [9.17, 15) is 13.2 Å². The molecule has 11 heteroatoms. The van der Waals surface area contributed by atoms with Crippen molar-refractivity contribution in [3.8, 4) is 0 Å². The quantitative estimate of drug-likeness (QED) is 0.779. The largest absolute Gasteiger partial charge is 0.338 e. The molecule has 2 aliphatic heterocycles. The number of nitrogens with two attached hydrogens (primary N) is 1. The van der Waals surface area contributed by atoms with E-state index in [0.29, 0.717) is 30.9 Å². The molecule has 1 amide bonds. The highest BCUT2D eigenvalue weighted by molar-refractivity contribution is 7.89. The van der Waals surface area contributed by atoms with E-state index in [-0.39, 0.29) is 36.3 Å². The number of rotatable bonds is 5. The lowest BCUT2D eigenvalue weighted by Crippen LogP contribution is -2.58. The molecule has 0 radical (unpaired) electrons. The van der Waals surface area contributed by atoms with Crippen LogP contribution < -0.4 is 5.73 Å². The summed E-state index contributed by atoms with van der Waals surface area (Å²) in [7, 11) is -3.69. The molecule has 0 bridgehead atoms. The Kier molecular flexibility index (Phi) is 6.80. The third-order valence-corrected chi connectivity index (χ3v) is 7.12. The molecule has 0 spiro atoms. The summed E-state index contributed by atoms with van der Waals surface area (Å²) in [5.41, 5.74) is 6.19. The second-order valence-electron chi connectivity index (χ2n) is 6.75. The van der Waals surface area contributed by atoms with Gasteiger partial charge in [0.25, 0.3) is 0 Å². The molecule has 1 atom stereocenters. The van der Waals surface area contributed by atoms with Crippen molar-refractivity contribution < 1.29 is 13.2 Å². The predicted octanol–water partition coefficient (Wildman–Crippen LogP) is 2.19. The lowest BCUT2D eigenvalue weighted by Gasteiger charge is -2.38. The van der Waals surface area contributed by atoms with Crippen LogP contribution in [0.2, 0.25) is 0 Å². The van der Waals surface area contributed by atoms with Gasteiger partial charge in [-0.3, -0.25) is 4.79 Å². The Labute approximate surface area is 169 Å². The van der Waals surface area contributed by atoms with E-state index in [1.807, 2.05) is 6.92 Å². The molecule has 150 valence electrons. The molecule has 1 fully saturated rings. The number of sulfonamides is 1. The van der Waals surface area contributed by atoms with E-state index < -0.39 is 15.6 Å². The summed E-state index contributed by atoms with van der Waals surface area (Å²) in [6, 6.07) is 4.96. The maximum absolute atomic E-state index is 13.0. The van der Waals surface area contributed by atoms with Gasteiger partial charge in [-0.25, -0.2) is 8.42 Å². The number of fused-ring (bicyclic) bond motifs is 1. The van der Waals surface area contributed by atoms with Gasteiger partial charge in [0.15, 0.2) is 0 Å². The van der Waals surface area contributed by atoms with Crippen LogP contribution in [0, 0.1) is 0 Å². The summed E-state index contributed by atoms with van der Waals surface area (Å²) in [6.45, 7) is 4.86. The fourth-order valence-corrected chi connectivity index (χ4v) is 5.42. The zero-order chi connectivity index (χ0) is 18.9. The average Bonchev–Trinajstić information content (AvgIpc) is 3.09. The highest BCUT2D eigenvalue weighted by atomic mass is 35.5. The lowest BCUT2D eigenvalue weighted by atomic mass is 9.95. The third kappa shape index (κ3) is 4.24. The van der Waals surface area contributed by atoms with Gasteiger partial charge in [0.05, 0.1) is 16.9 Å². The summed E-state index contributed by atoms with van der Waals surface area (Å²) in [5, 5.41) is 0. The van der Waals surface area contributed by atoms with Crippen LogP contribution in [0.4, 0.5) is 11.4 Å². The standard InChI is InChI=1S/C16H23N5O3S2.ClH/c1-3-7-16(2,17)15(22)20-8-10-21(11-9-20)26(23,24)13-6-4-5-12-14(13)19-25-18-12;/h4-6H,3,7-11,17H2,1-2H3;1H. The molecule has 1 saturated heterocycles. The van der Waals surface area contributed by atoms with Crippen molar-refractivity contribution in [1.29, 1.82) is 0 Å². The first kappa shape index (κ1) is 22.0. The molecular weight excluding hydrogens is 410 g/mol. The molecular formula is C16H24ClN5O3S2. The number of piperazine rings is 1. The molecule has 3 rings (SSSR count). The first-order chi connectivity index (χ1) is 12.3. The van der Waals surface area contributed by atoms with Gasteiger partial charge in [-0.1, -0.05) is 19.4 Å². The van der Waals surface area contributed by atoms with E-state index in [1.165, 1.54) is 4.31 Å². The van der Waals surface area contributed by atoms with Gasteiger partial charge in [-0.15, -0.1) is 12.4 Å². The molecule has 0 saturated carbocycles. The minimum atomic E-state index is -3.69. The molecule has 0 aliphatic carbocycles. The summed E-state index contributed by atoms with van der Waals surface area (Å²) < 4.78 is 35.6. The Morgan fingerprint density at radius 3 is 2.56 bits per heavy atom. The highest BCUT2D eigenvalue weighted by Gasteiger charge is 2.37. The lowest BCUT2D eigenvalue weighted by molar-refractivity contribution is -0.137. The van der Waals surface area contributed by atoms with Crippen molar-refractivity contribution in [1.82, 2.24) is 9.21 Å². The number of halogens is 1. The molecule has 2 N–H and O–H groups in total. The van der Waals surface area contributed by atoms with Gasteiger partial charge in [-0.05, 0) is 25.5 Å². The molecule has 1 unspecified atom stereocenters. The van der Waals surface area contributed by atoms with Crippen molar-refractivity contribution in [2.24, 2.45) is 14.5 Å². The van der Waals surface area contributed by atoms with Crippen molar-refractivity contribution in [2.45, 2.75) is 37.1 Å². The minimum Gasteiger partial charge on any atom is -0.338 e. The van der Waals surface area contributed by atoms with Crippen molar-refractivity contribution >= 4 is 51.1 Å². The van der Waals surface area contributed by atoms with Gasteiger partial charge < -0.3 is 10.6 Å². The maximum Gasteiger partial charge on any atom is 0.245 e. The Bertz CT molecular complexity index is 889.